The minimum atomic E-state index is -1.87. The minimum absolute atomic E-state index is 0.0499. The van der Waals surface area contributed by atoms with Gasteiger partial charge < -0.3 is 14.6 Å². The zero-order valence-electron chi connectivity index (χ0n) is 23.7. The second-order valence-electron chi connectivity index (χ2n) is 11.5. The molecule has 1 aliphatic heterocycles. The molecule has 0 amide bonds. The number of hydrazine groups is 2. The lowest BCUT2D eigenvalue weighted by Crippen LogP contribution is -2.40. The molecule has 202 valence electrons. The Morgan fingerprint density at radius 1 is 1.08 bits per heavy atom. The van der Waals surface area contributed by atoms with Crippen LogP contribution in [-0.4, -0.2) is 25.8 Å². The number of rotatable bonds is 12. The molecule has 1 aliphatic rings. The standard InChI is InChI=1S/C30H45N3O3Si/c1-8-33-20-28(31-32-33)17-16-26(19-29(34)35-21-24-12-10-9-11-13-24)25-15-14-23(2)27(18-25)22-36-37(6,7)30(3,4)5/h9-15,18,20,26,31-32H,8,16-17,19,21-22H2,1-7H3. The summed E-state index contributed by atoms with van der Waals surface area (Å²) in [4.78, 5) is 12.9. The Kier molecular flexibility index (Phi) is 9.98. The van der Waals surface area contributed by atoms with Gasteiger partial charge >= 0.3 is 5.97 Å². The van der Waals surface area contributed by atoms with Gasteiger partial charge in [0.05, 0.1) is 13.0 Å². The molecule has 0 spiro atoms. The van der Waals surface area contributed by atoms with E-state index in [-0.39, 0.29) is 16.9 Å². The number of allylic oxidation sites excluding steroid dienone is 1. The predicted octanol–water partition coefficient (Wildman–Crippen LogP) is 6.70. The second kappa shape index (κ2) is 12.8. The van der Waals surface area contributed by atoms with Gasteiger partial charge in [-0.05, 0) is 73.0 Å². The molecule has 2 N–H and O–H groups in total. The number of nitrogens with one attached hydrogen (secondary N) is 2. The number of hydrogen-bond donors (Lipinski definition) is 2. The monoisotopic (exact) mass is 523 g/mol. The third-order valence-electron chi connectivity index (χ3n) is 7.67. The zero-order chi connectivity index (χ0) is 27.1. The molecular formula is C30H45N3O3Si. The maximum atomic E-state index is 12.9. The number of nitrogens with zero attached hydrogens (tertiary/aromatic N) is 1. The van der Waals surface area contributed by atoms with Crippen molar-refractivity contribution in [3.05, 3.63) is 82.7 Å². The Balaban J connectivity index is 1.74. The van der Waals surface area contributed by atoms with E-state index in [1.165, 1.54) is 11.1 Å². The highest BCUT2D eigenvalue weighted by Crippen LogP contribution is 2.37. The lowest BCUT2D eigenvalue weighted by Gasteiger charge is -2.36. The number of esters is 1. The van der Waals surface area contributed by atoms with E-state index in [0.717, 1.165) is 36.2 Å². The normalized spacial score (nSPS) is 14.8. The Bertz CT molecular complexity index is 1060. The Morgan fingerprint density at radius 3 is 2.46 bits per heavy atom. The molecule has 0 saturated heterocycles. The molecule has 0 aliphatic carbocycles. The number of carbonyl (C=O) groups is 1. The van der Waals surface area contributed by atoms with E-state index in [1.807, 2.05) is 35.3 Å². The van der Waals surface area contributed by atoms with Gasteiger partial charge in [0.15, 0.2) is 8.32 Å². The van der Waals surface area contributed by atoms with Crippen LogP contribution in [0.25, 0.3) is 0 Å². The molecule has 0 bridgehead atoms. The van der Waals surface area contributed by atoms with E-state index in [2.05, 4.69) is 83.1 Å². The lowest BCUT2D eigenvalue weighted by molar-refractivity contribution is -0.145. The molecule has 1 unspecified atom stereocenters. The first-order valence-corrected chi connectivity index (χ1v) is 16.3. The van der Waals surface area contributed by atoms with Crippen molar-refractivity contribution in [2.45, 2.75) is 91.1 Å². The third-order valence-corrected chi connectivity index (χ3v) is 12.1. The number of aryl methyl sites for hydroxylation is 1. The molecular weight excluding hydrogens is 478 g/mol. The molecule has 0 aromatic heterocycles. The van der Waals surface area contributed by atoms with Crippen molar-refractivity contribution in [3.8, 4) is 0 Å². The molecule has 1 atom stereocenters. The fraction of sp³-hybridized carbons (Fsp3) is 0.500. The number of benzene rings is 2. The average molecular weight is 524 g/mol. The van der Waals surface area contributed by atoms with E-state index in [0.29, 0.717) is 19.6 Å². The van der Waals surface area contributed by atoms with Gasteiger partial charge in [0.25, 0.3) is 0 Å². The van der Waals surface area contributed by atoms with E-state index in [4.69, 9.17) is 9.16 Å². The summed E-state index contributed by atoms with van der Waals surface area (Å²) in [6.07, 6.45) is 4.11. The van der Waals surface area contributed by atoms with Gasteiger partial charge in [-0.2, -0.15) is 0 Å². The molecule has 2 aromatic rings. The molecule has 7 heteroatoms. The van der Waals surface area contributed by atoms with Gasteiger partial charge in [0.2, 0.25) is 0 Å². The van der Waals surface area contributed by atoms with E-state index in [1.54, 1.807) is 0 Å². The average Bonchev–Trinajstić information content (AvgIpc) is 3.33. The van der Waals surface area contributed by atoms with Crippen LogP contribution in [0.1, 0.15) is 75.1 Å². The maximum absolute atomic E-state index is 12.9. The maximum Gasteiger partial charge on any atom is 0.306 e. The number of carbonyl (C=O) groups excluding carboxylic acids is 1. The van der Waals surface area contributed by atoms with Gasteiger partial charge in [-0.3, -0.25) is 9.80 Å². The van der Waals surface area contributed by atoms with Crippen molar-refractivity contribution >= 4 is 14.3 Å². The van der Waals surface area contributed by atoms with Crippen molar-refractivity contribution in [1.29, 1.82) is 0 Å². The van der Waals surface area contributed by atoms with Crippen LogP contribution in [0.15, 0.2) is 60.4 Å². The quantitative estimate of drug-likeness (QED) is 0.238. The van der Waals surface area contributed by atoms with Gasteiger partial charge in [0.1, 0.15) is 6.61 Å². The molecule has 0 saturated carbocycles. The first-order valence-electron chi connectivity index (χ1n) is 13.4. The molecule has 6 nitrogen and oxygen atoms in total. The van der Waals surface area contributed by atoms with Crippen molar-refractivity contribution in [3.63, 3.8) is 0 Å². The molecule has 0 fully saturated rings. The summed E-state index contributed by atoms with van der Waals surface area (Å²) in [7, 11) is -1.87. The zero-order valence-corrected chi connectivity index (χ0v) is 24.7. The van der Waals surface area contributed by atoms with Crippen LogP contribution in [0.4, 0.5) is 0 Å². The van der Waals surface area contributed by atoms with Crippen LogP contribution < -0.4 is 11.0 Å². The summed E-state index contributed by atoms with van der Waals surface area (Å²) in [6.45, 7) is 17.4. The third kappa shape index (κ3) is 8.45. The highest BCUT2D eigenvalue weighted by Gasteiger charge is 2.37. The van der Waals surface area contributed by atoms with Gasteiger partial charge in [-0.25, -0.2) is 0 Å². The molecule has 0 radical (unpaired) electrons. The van der Waals surface area contributed by atoms with Crippen molar-refractivity contribution in [1.82, 2.24) is 16.0 Å². The van der Waals surface area contributed by atoms with Gasteiger partial charge in [-0.1, -0.05) is 69.3 Å². The summed E-state index contributed by atoms with van der Waals surface area (Å²) in [5.74, 6) is -0.121. The molecule has 1 heterocycles. The van der Waals surface area contributed by atoms with Crippen molar-refractivity contribution in [2.75, 3.05) is 6.54 Å². The van der Waals surface area contributed by atoms with Crippen LogP contribution in [0, 0.1) is 6.92 Å². The fourth-order valence-corrected chi connectivity index (χ4v) is 4.93. The first kappa shape index (κ1) is 29.0. The SMILES string of the molecule is CCN1C=C(CCC(CC(=O)OCc2ccccc2)c2ccc(C)c(CO[Si](C)(C)C(C)(C)C)c2)NN1. The minimum Gasteiger partial charge on any atom is -0.461 e. The second-order valence-corrected chi connectivity index (χ2v) is 16.3. The Labute approximate surface area is 224 Å². The lowest BCUT2D eigenvalue weighted by atomic mass is 9.88. The fourth-order valence-electron chi connectivity index (χ4n) is 3.98. The topological polar surface area (TPSA) is 62.8 Å². The largest absolute Gasteiger partial charge is 0.461 e. The number of hydrogen-bond acceptors (Lipinski definition) is 6. The van der Waals surface area contributed by atoms with Gasteiger partial charge in [0, 0.05) is 18.4 Å². The van der Waals surface area contributed by atoms with Crippen molar-refractivity contribution < 1.29 is 14.0 Å². The summed E-state index contributed by atoms with van der Waals surface area (Å²) < 4.78 is 12.2. The van der Waals surface area contributed by atoms with Crippen LogP contribution in [0.2, 0.25) is 18.1 Å². The van der Waals surface area contributed by atoms with E-state index in [9.17, 15) is 4.79 Å². The Morgan fingerprint density at radius 2 is 1.81 bits per heavy atom. The van der Waals surface area contributed by atoms with E-state index < -0.39 is 8.32 Å². The number of ether oxygens (including phenoxy) is 1. The smallest absolute Gasteiger partial charge is 0.306 e. The summed E-state index contributed by atoms with van der Waals surface area (Å²) in [6, 6.07) is 16.4. The molecule has 3 rings (SSSR count). The van der Waals surface area contributed by atoms with Crippen molar-refractivity contribution in [2.24, 2.45) is 0 Å². The highest BCUT2D eigenvalue weighted by atomic mass is 28.4. The van der Waals surface area contributed by atoms with Crippen LogP contribution in [0.3, 0.4) is 0 Å². The first-order chi connectivity index (χ1) is 17.5. The van der Waals surface area contributed by atoms with Crippen LogP contribution >= 0.6 is 0 Å². The Hall–Kier alpha value is -2.61. The molecule has 37 heavy (non-hydrogen) atoms. The van der Waals surface area contributed by atoms with Crippen LogP contribution in [-0.2, 0) is 27.2 Å². The van der Waals surface area contributed by atoms with E-state index >= 15 is 0 Å². The van der Waals surface area contributed by atoms with Crippen LogP contribution in [0.5, 0.6) is 0 Å². The summed E-state index contributed by atoms with van der Waals surface area (Å²) in [5, 5.41) is 2.17. The van der Waals surface area contributed by atoms with Gasteiger partial charge in [-0.15, -0.1) is 5.53 Å². The highest BCUT2D eigenvalue weighted by molar-refractivity contribution is 6.74. The molecule has 2 aromatic carbocycles. The summed E-state index contributed by atoms with van der Waals surface area (Å²) >= 11 is 0. The predicted molar refractivity (Wildman–Crippen MR) is 153 cm³/mol. The summed E-state index contributed by atoms with van der Waals surface area (Å²) in [5.41, 5.74) is 12.1.